The Hall–Kier alpha value is -2.93. The van der Waals surface area contributed by atoms with Crippen LogP contribution in [0.25, 0.3) is 12.2 Å². The maximum absolute atomic E-state index is 14.5. The van der Waals surface area contributed by atoms with Gasteiger partial charge in [0.05, 0.1) is 18.0 Å². The first kappa shape index (κ1) is 24.3. The summed E-state index contributed by atoms with van der Waals surface area (Å²) < 4.78 is 39.6. The number of hydrogen-bond donors (Lipinski definition) is 2. The van der Waals surface area contributed by atoms with Gasteiger partial charge >= 0.3 is 0 Å². The number of anilines is 1. The molecule has 7 heteroatoms. The van der Waals surface area contributed by atoms with Crippen LogP contribution in [-0.2, 0) is 20.2 Å². The van der Waals surface area contributed by atoms with Gasteiger partial charge in [-0.2, -0.15) is 0 Å². The highest BCUT2D eigenvalue weighted by molar-refractivity contribution is 7.92. The molecule has 0 heterocycles. The molecule has 0 radical (unpaired) electrons. The van der Waals surface area contributed by atoms with E-state index in [2.05, 4.69) is 37.4 Å². The summed E-state index contributed by atoms with van der Waals surface area (Å²) in [5.41, 5.74) is 2.77. The molecule has 0 unspecified atom stereocenters. The van der Waals surface area contributed by atoms with Gasteiger partial charge in [0.2, 0.25) is 15.9 Å². The van der Waals surface area contributed by atoms with Crippen molar-refractivity contribution in [2.75, 3.05) is 11.0 Å². The van der Waals surface area contributed by atoms with Crippen LogP contribution >= 0.6 is 0 Å². The molecular weight excluding hydrogens is 415 g/mol. The summed E-state index contributed by atoms with van der Waals surface area (Å²) in [5, 5.41) is 2.78. The first-order valence-electron chi connectivity index (χ1n) is 9.83. The van der Waals surface area contributed by atoms with E-state index in [1.54, 1.807) is 19.1 Å². The summed E-state index contributed by atoms with van der Waals surface area (Å²) in [6, 6.07) is 10.3. The zero-order valence-electron chi connectivity index (χ0n) is 18.5. The van der Waals surface area contributed by atoms with Crippen LogP contribution in [0.3, 0.4) is 0 Å². The van der Waals surface area contributed by atoms with Crippen molar-refractivity contribution in [3.63, 3.8) is 0 Å². The van der Waals surface area contributed by atoms with Crippen molar-refractivity contribution in [1.29, 1.82) is 0 Å². The Morgan fingerprint density at radius 1 is 1.16 bits per heavy atom. The molecule has 31 heavy (non-hydrogen) atoms. The number of carbonyl (C=O) groups is 1. The monoisotopic (exact) mass is 444 g/mol. The van der Waals surface area contributed by atoms with Crippen molar-refractivity contribution in [3.05, 3.63) is 77.1 Å². The molecule has 0 spiro atoms. The van der Waals surface area contributed by atoms with Crippen LogP contribution in [0.4, 0.5) is 10.1 Å². The first-order valence-corrected chi connectivity index (χ1v) is 11.7. The molecule has 5 nitrogen and oxygen atoms in total. The normalized spacial score (nSPS) is 13.1. The van der Waals surface area contributed by atoms with E-state index in [1.807, 2.05) is 24.3 Å². The fourth-order valence-electron chi connectivity index (χ4n) is 2.96. The Labute approximate surface area is 184 Å². The van der Waals surface area contributed by atoms with Crippen LogP contribution < -0.4 is 10.0 Å². The minimum absolute atomic E-state index is 0.0565. The van der Waals surface area contributed by atoms with Gasteiger partial charge in [0.1, 0.15) is 5.82 Å². The third-order valence-electron chi connectivity index (χ3n) is 4.71. The Morgan fingerprint density at radius 2 is 1.77 bits per heavy atom. The number of sulfonamides is 1. The molecule has 0 aromatic heterocycles. The zero-order valence-corrected chi connectivity index (χ0v) is 19.3. The van der Waals surface area contributed by atoms with Crippen LogP contribution in [0.2, 0.25) is 0 Å². The van der Waals surface area contributed by atoms with Crippen LogP contribution in [0.5, 0.6) is 0 Å². The van der Waals surface area contributed by atoms with Crippen LogP contribution in [0.1, 0.15) is 56.0 Å². The molecule has 0 aliphatic carbocycles. The van der Waals surface area contributed by atoms with Crippen molar-refractivity contribution in [2.45, 2.75) is 39.2 Å². The second kappa shape index (κ2) is 9.47. The lowest BCUT2D eigenvalue weighted by molar-refractivity contribution is -0.117. The van der Waals surface area contributed by atoms with Gasteiger partial charge < -0.3 is 5.32 Å². The number of carbonyl (C=O) groups excluding carboxylic acids is 1. The van der Waals surface area contributed by atoms with Gasteiger partial charge in [0.25, 0.3) is 0 Å². The summed E-state index contributed by atoms with van der Waals surface area (Å²) >= 11 is 0. The third-order valence-corrected chi connectivity index (χ3v) is 5.29. The topological polar surface area (TPSA) is 75.3 Å². The van der Waals surface area contributed by atoms with E-state index in [4.69, 9.17) is 0 Å². The number of amides is 1. The molecule has 2 aromatic carbocycles. The van der Waals surface area contributed by atoms with Crippen LogP contribution in [0, 0.1) is 5.82 Å². The lowest BCUT2D eigenvalue weighted by atomic mass is 9.87. The zero-order chi connectivity index (χ0) is 23.4. The van der Waals surface area contributed by atoms with Crippen LogP contribution in [0.15, 0.2) is 49.1 Å². The SMILES string of the molecule is C=Cc1cc([C@@H](C)NC(=O)C=Cc2ccc(C(C)(C)C)cc2)cc(F)c1NS(C)(=O)=O. The maximum Gasteiger partial charge on any atom is 0.244 e. The largest absolute Gasteiger partial charge is 0.346 e. The van der Waals surface area contributed by atoms with E-state index < -0.39 is 21.9 Å². The lowest BCUT2D eigenvalue weighted by Crippen LogP contribution is -2.25. The highest BCUT2D eigenvalue weighted by atomic mass is 32.2. The summed E-state index contributed by atoms with van der Waals surface area (Å²) in [6.07, 6.45) is 5.44. The number of benzene rings is 2. The molecule has 166 valence electrons. The van der Waals surface area contributed by atoms with Crippen LogP contribution in [-0.4, -0.2) is 20.6 Å². The molecule has 2 aromatic rings. The maximum atomic E-state index is 14.5. The van der Waals surface area contributed by atoms with Crippen molar-refractivity contribution in [1.82, 2.24) is 5.32 Å². The van der Waals surface area contributed by atoms with E-state index in [9.17, 15) is 17.6 Å². The van der Waals surface area contributed by atoms with Gasteiger partial charge in [-0.15, -0.1) is 0 Å². The molecule has 1 atom stereocenters. The van der Waals surface area contributed by atoms with E-state index in [0.717, 1.165) is 11.8 Å². The number of halogens is 1. The molecule has 0 bridgehead atoms. The summed E-state index contributed by atoms with van der Waals surface area (Å²) in [4.78, 5) is 12.3. The molecule has 2 N–H and O–H groups in total. The van der Waals surface area contributed by atoms with Crippen molar-refractivity contribution in [3.8, 4) is 0 Å². The highest BCUT2D eigenvalue weighted by Gasteiger charge is 2.17. The number of nitrogens with one attached hydrogen (secondary N) is 2. The Morgan fingerprint density at radius 3 is 2.29 bits per heavy atom. The summed E-state index contributed by atoms with van der Waals surface area (Å²) in [5.74, 6) is -1.07. The molecule has 0 aliphatic rings. The van der Waals surface area contributed by atoms with Crippen molar-refractivity contribution in [2.24, 2.45) is 0 Å². The Bertz CT molecular complexity index is 1100. The molecule has 0 saturated carbocycles. The summed E-state index contributed by atoms with van der Waals surface area (Å²) in [6.45, 7) is 11.7. The first-order chi connectivity index (χ1) is 14.3. The average molecular weight is 445 g/mol. The van der Waals surface area contributed by atoms with Crippen molar-refractivity contribution >= 4 is 33.8 Å². The molecule has 0 fully saturated rings. The van der Waals surface area contributed by atoms with Gasteiger partial charge in [-0.1, -0.05) is 57.7 Å². The van der Waals surface area contributed by atoms with E-state index in [1.165, 1.54) is 23.8 Å². The van der Waals surface area contributed by atoms with E-state index in [0.29, 0.717) is 5.56 Å². The van der Waals surface area contributed by atoms with Gasteiger partial charge in [-0.25, -0.2) is 12.8 Å². The van der Waals surface area contributed by atoms with E-state index in [-0.39, 0.29) is 22.6 Å². The van der Waals surface area contributed by atoms with Gasteiger partial charge in [-0.3, -0.25) is 9.52 Å². The average Bonchev–Trinajstić information content (AvgIpc) is 2.66. The molecule has 2 rings (SSSR count). The summed E-state index contributed by atoms with van der Waals surface area (Å²) in [7, 11) is -3.65. The standard InChI is InChI=1S/C24H29FN2O3S/c1-7-18-14-19(15-21(25)23(18)27-31(6,29)30)16(2)26-22(28)13-10-17-8-11-20(12-9-17)24(3,4)5/h7-16,27H,1H2,2-6H3,(H,26,28)/t16-/m1/s1. The van der Waals surface area contributed by atoms with Gasteiger partial charge in [0, 0.05) is 11.6 Å². The quantitative estimate of drug-likeness (QED) is 0.588. The Balaban J connectivity index is 2.13. The second-order valence-electron chi connectivity index (χ2n) is 8.48. The van der Waals surface area contributed by atoms with Crippen molar-refractivity contribution < 1.29 is 17.6 Å². The molecule has 0 aliphatic heterocycles. The fraction of sp³-hybridized carbons (Fsp3) is 0.292. The Kier molecular flexibility index (Phi) is 7.44. The minimum atomic E-state index is -3.65. The van der Waals surface area contributed by atoms with Gasteiger partial charge in [-0.05, 0) is 47.2 Å². The smallest absolute Gasteiger partial charge is 0.244 e. The number of hydrogen-bond acceptors (Lipinski definition) is 3. The third kappa shape index (κ3) is 7.07. The fourth-order valence-corrected chi connectivity index (χ4v) is 3.55. The molecule has 1 amide bonds. The predicted molar refractivity (Wildman–Crippen MR) is 126 cm³/mol. The van der Waals surface area contributed by atoms with E-state index >= 15 is 0 Å². The number of rotatable bonds is 7. The predicted octanol–water partition coefficient (Wildman–Crippen LogP) is 5.03. The highest BCUT2D eigenvalue weighted by Crippen LogP contribution is 2.27. The minimum Gasteiger partial charge on any atom is -0.346 e. The lowest BCUT2D eigenvalue weighted by Gasteiger charge is -2.18. The van der Waals surface area contributed by atoms with Gasteiger partial charge in [0.15, 0.2) is 0 Å². The second-order valence-corrected chi connectivity index (χ2v) is 10.2. The molecule has 0 saturated heterocycles. The molecular formula is C24H29FN2O3S.